The highest BCUT2D eigenvalue weighted by atomic mass is 32.1. The monoisotopic (exact) mass is 515 g/mol. The van der Waals surface area contributed by atoms with Crippen LogP contribution in [-0.4, -0.2) is 43.9 Å². The minimum absolute atomic E-state index is 0.0954. The van der Waals surface area contributed by atoms with Crippen LogP contribution in [-0.2, 0) is 16.0 Å². The number of H-pyrrole nitrogens is 1. The number of carboxylic acid groups (broad SMARTS) is 1. The van der Waals surface area contributed by atoms with Gasteiger partial charge in [0.15, 0.2) is 0 Å². The Morgan fingerprint density at radius 1 is 1.11 bits per heavy atom. The Morgan fingerprint density at radius 2 is 1.92 bits per heavy atom. The van der Waals surface area contributed by atoms with E-state index in [4.69, 9.17) is 5.73 Å². The number of aliphatic carboxylic acids is 1. The van der Waals surface area contributed by atoms with Crippen molar-refractivity contribution in [1.29, 1.82) is 0 Å². The van der Waals surface area contributed by atoms with Crippen molar-refractivity contribution in [3.05, 3.63) is 94.5 Å². The number of primary amides is 1. The van der Waals surface area contributed by atoms with Crippen LogP contribution < -0.4 is 11.1 Å². The maximum Gasteiger partial charge on any atom is 0.326 e. The number of carbonyl (C=O) groups is 3. The van der Waals surface area contributed by atoms with Gasteiger partial charge in [-0.25, -0.2) is 14.8 Å². The predicted molar refractivity (Wildman–Crippen MR) is 141 cm³/mol. The Bertz CT molecular complexity index is 1400. The first-order valence-corrected chi connectivity index (χ1v) is 12.4. The topological polar surface area (TPSA) is 151 Å². The average molecular weight is 516 g/mol. The quantitative estimate of drug-likeness (QED) is 0.239. The first kappa shape index (κ1) is 25.5. The van der Waals surface area contributed by atoms with Crippen LogP contribution in [0.3, 0.4) is 0 Å². The fraction of sp³-hybridized carbons (Fsp3) is 0.148. The molecular weight excluding hydrogens is 490 g/mol. The number of carbonyl (C=O) groups excluding carboxylic acids is 2. The van der Waals surface area contributed by atoms with Crippen molar-refractivity contribution in [2.75, 3.05) is 0 Å². The number of benzene rings is 2. The van der Waals surface area contributed by atoms with E-state index in [1.165, 1.54) is 11.3 Å². The van der Waals surface area contributed by atoms with Crippen LogP contribution in [0.25, 0.3) is 22.8 Å². The second-order valence-electron chi connectivity index (χ2n) is 8.26. The number of imidazole rings is 1. The molecule has 0 aliphatic carbocycles. The number of allylic oxidation sites excluding steroid dienone is 1. The predicted octanol–water partition coefficient (Wildman–Crippen LogP) is 3.77. The number of aromatic amines is 1. The van der Waals surface area contributed by atoms with Gasteiger partial charge in [0.05, 0.1) is 0 Å². The lowest BCUT2D eigenvalue weighted by Gasteiger charge is -2.16. The summed E-state index contributed by atoms with van der Waals surface area (Å²) in [6.45, 7) is 0. The lowest BCUT2D eigenvalue weighted by Crippen LogP contribution is -2.41. The molecule has 188 valence electrons. The van der Waals surface area contributed by atoms with Gasteiger partial charge in [-0.1, -0.05) is 36.4 Å². The second-order valence-corrected chi connectivity index (χ2v) is 9.15. The molecule has 4 rings (SSSR count). The van der Waals surface area contributed by atoms with Gasteiger partial charge < -0.3 is 21.1 Å². The standard InChI is InChI=1S/C27H25N5O4S/c28-23(33)9-8-22(27(35)36)32-25(34)20-7-6-17(15-21(20)18-4-2-1-3-5-18)14-19(26-31-12-13-37-26)16-24-29-10-11-30-24/h1-7,10-15,22H,8-9,16H2,(H2,28,33)(H,29,30)(H,32,34)(H,35,36)/t22-/m0/s1. The number of nitrogens with zero attached hydrogens (tertiary/aromatic N) is 2. The molecule has 5 N–H and O–H groups in total. The van der Waals surface area contributed by atoms with E-state index in [1.54, 1.807) is 30.7 Å². The average Bonchev–Trinajstić information content (AvgIpc) is 3.61. The molecule has 0 aliphatic rings. The van der Waals surface area contributed by atoms with E-state index in [1.807, 2.05) is 47.9 Å². The lowest BCUT2D eigenvalue weighted by atomic mass is 9.95. The van der Waals surface area contributed by atoms with Gasteiger partial charge in [-0.05, 0) is 46.9 Å². The summed E-state index contributed by atoms with van der Waals surface area (Å²) in [6, 6.07) is 13.5. The van der Waals surface area contributed by atoms with Crippen LogP contribution in [0, 0.1) is 0 Å². The Morgan fingerprint density at radius 3 is 2.57 bits per heavy atom. The van der Waals surface area contributed by atoms with E-state index >= 15 is 0 Å². The van der Waals surface area contributed by atoms with Crippen molar-refractivity contribution in [2.45, 2.75) is 25.3 Å². The van der Waals surface area contributed by atoms with Gasteiger partial charge >= 0.3 is 5.97 Å². The Labute approximate surface area is 217 Å². The molecular formula is C27H25N5O4S. The fourth-order valence-electron chi connectivity index (χ4n) is 3.83. The molecule has 1 atom stereocenters. The van der Waals surface area contributed by atoms with Crippen molar-refractivity contribution < 1.29 is 19.5 Å². The molecule has 0 radical (unpaired) electrons. The molecule has 9 nitrogen and oxygen atoms in total. The third-order valence-electron chi connectivity index (χ3n) is 5.62. The highest BCUT2D eigenvalue weighted by molar-refractivity contribution is 7.10. The van der Waals surface area contributed by atoms with Crippen molar-refractivity contribution in [3.8, 4) is 11.1 Å². The maximum absolute atomic E-state index is 13.2. The molecule has 0 saturated carbocycles. The number of hydrogen-bond donors (Lipinski definition) is 4. The number of hydrogen-bond acceptors (Lipinski definition) is 6. The highest BCUT2D eigenvalue weighted by Gasteiger charge is 2.23. The van der Waals surface area contributed by atoms with Crippen molar-refractivity contribution >= 4 is 40.8 Å². The van der Waals surface area contributed by atoms with Crippen molar-refractivity contribution in [3.63, 3.8) is 0 Å². The molecule has 0 aliphatic heterocycles. The summed E-state index contributed by atoms with van der Waals surface area (Å²) < 4.78 is 0. The van der Waals surface area contributed by atoms with Crippen molar-refractivity contribution in [2.24, 2.45) is 5.73 Å². The number of carboxylic acids is 1. The van der Waals surface area contributed by atoms with E-state index in [9.17, 15) is 19.5 Å². The lowest BCUT2D eigenvalue weighted by molar-refractivity contribution is -0.139. The van der Waals surface area contributed by atoms with Crippen LogP contribution in [0.2, 0.25) is 0 Å². The van der Waals surface area contributed by atoms with Gasteiger partial charge in [-0.15, -0.1) is 11.3 Å². The summed E-state index contributed by atoms with van der Waals surface area (Å²) in [6.07, 6.45) is 7.51. The van der Waals surface area contributed by atoms with E-state index in [-0.39, 0.29) is 12.8 Å². The van der Waals surface area contributed by atoms with Gasteiger partial charge in [-0.2, -0.15) is 0 Å². The molecule has 0 spiro atoms. The normalized spacial score (nSPS) is 12.2. The molecule has 2 amide bonds. The Hall–Kier alpha value is -4.57. The molecule has 0 unspecified atom stereocenters. The molecule has 10 heteroatoms. The number of thiazole rings is 1. The molecule has 0 bridgehead atoms. The zero-order valence-corrected chi connectivity index (χ0v) is 20.6. The second kappa shape index (κ2) is 11.9. The zero-order chi connectivity index (χ0) is 26.2. The number of aromatic nitrogens is 3. The van der Waals surface area contributed by atoms with Gasteiger partial charge in [-0.3, -0.25) is 9.59 Å². The molecule has 2 heterocycles. The third-order valence-corrected chi connectivity index (χ3v) is 6.47. The van der Waals surface area contributed by atoms with Crippen LogP contribution in [0.5, 0.6) is 0 Å². The fourth-order valence-corrected chi connectivity index (χ4v) is 4.49. The highest BCUT2D eigenvalue weighted by Crippen LogP contribution is 2.29. The Balaban J connectivity index is 1.71. The van der Waals surface area contributed by atoms with Crippen molar-refractivity contribution in [1.82, 2.24) is 20.3 Å². The van der Waals surface area contributed by atoms with E-state index < -0.39 is 23.8 Å². The summed E-state index contributed by atoms with van der Waals surface area (Å²) in [5, 5.41) is 14.8. The minimum atomic E-state index is -1.24. The molecule has 2 aromatic carbocycles. The van der Waals surface area contributed by atoms with Gasteiger partial charge in [0, 0.05) is 42.4 Å². The van der Waals surface area contributed by atoms with Crippen LogP contribution in [0.4, 0.5) is 0 Å². The molecule has 0 fully saturated rings. The summed E-state index contributed by atoms with van der Waals surface area (Å²) in [7, 11) is 0. The maximum atomic E-state index is 13.2. The zero-order valence-electron chi connectivity index (χ0n) is 19.8. The van der Waals surface area contributed by atoms with Gasteiger partial charge in [0.2, 0.25) is 5.91 Å². The number of amides is 2. The summed E-state index contributed by atoms with van der Waals surface area (Å²) in [4.78, 5) is 47.9. The first-order chi connectivity index (χ1) is 17.9. The number of rotatable bonds is 11. The first-order valence-electron chi connectivity index (χ1n) is 11.5. The summed E-state index contributed by atoms with van der Waals surface area (Å²) in [5.41, 5.74) is 8.71. The van der Waals surface area contributed by atoms with E-state index in [0.717, 1.165) is 27.5 Å². The molecule has 37 heavy (non-hydrogen) atoms. The third kappa shape index (κ3) is 6.77. The largest absolute Gasteiger partial charge is 0.480 e. The SMILES string of the molecule is NC(=O)CC[C@H](NC(=O)c1ccc(C=C(Cc2ncc[nH]2)c2nccs2)cc1-c1ccccc1)C(=O)O. The van der Waals surface area contributed by atoms with Crippen LogP contribution >= 0.6 is 11.3 Å². The van der Waals surface area contributed by atoms with Crippen LogP contribution in [0.15, 0.2) is 72.5 Å². The smallest absolute Gasteiger partial charge is 0.326 e. The van der Waals surface area contributed by atoms with E-state index in [0.29, 0.717) is 17.5 Å². The summed E-state index contributed by atoms with van der Waals surface area (Å²) >= 11 is 1.52. The van der Waals surface area contributed by atoms with Gasteiger partial charge in [0.25, 0.3) is 5.91 Å². The molecule has 4 aromatic rings. The van der Waals surface area contributed by atoms with Gasteiger partial charge in [0.1, 0.15) is 16.9 Å². The number of nitrogens with two attached hydrogens (primary N) is 1. The minimum Gasteiger partial charge on any atom is -0.480 e. The Kier molecular flexibility index (Phi) is 8.22. The van der Waals surface area contributed by atoms with Crippen LogP contribution in [0.1, 0.15) is 39.6 Å². The molecule has 0 saturated heterocycles. The molecule has 2 aromatic heterocycles. The number of nitrogens with one attached hydrogen (secondary N) is 2. The summed E-state index contributed by atoms with van der Waals surface area (Å²) in [5.74, 6) is -1.62. The van der Waals surface area contributed by atoms with E-state index in [2.05, 4.69) is 20.3 Å².